The van der Waals surface area contributed by atoms with Gasteiger partial charge in [-0.15, -0.1) is 10.2 Å². The number of fused-ring (bicyclic) bond motifs is 2. The van der Waals surface area contributed by atoms with Crippen LogP contribution in [0.1, 0.15) is 22.5 Å². The van der Waals surface area contributed by atoms with E-state index in [-0.39, 0.29) is 0 Å². The Morgan fingerprint density at radius 3 is 3.11 bits per heavy atom. The molecule has 2 aromatic rings. The van der Waals surface area contributed by atoms with Crippen LogP contribution in [-0.2, 0) is 32.7 Å². The molecule has 98 valence electrons. The van der Waals surface area contributed by atoms with Crippen molar-refractivity contribution in [1.29, 1.82) is 0 Å². The topological polar surface area (TPSA) is 46.0 Å². The van der Waals surface area contributed by atoms with Crippen molar-refractivity contribution >= 4 is 0 Å². The summed E-state index contributed by atoms with van der Waals surface area (Å²) in [4.78, 5) is 2.44. The molecule has 0 amide bonds. The lowest BCUT2D eigenvalue weighted by Crippen LogP contribution is -2.33. The largest absolute Gasteiger partial charge is 0.315 e. The summed E-state index contributed by atoms with van der Waals surface area (Å²) in [5, 5.41) is 11.5. The number of hydrogen-bond acceptors (Lipinski definition) is 4. The maximum absolute atomic E-state index is 4.17. The molecule has 0 fully saturated rings. The first-order valence-corrected chi connectivity index (χ1v) is 6.79. The molecule has 0 saturated carbocycles. The van der Waals surface area contributed by atoms with E-state index >= 15 is 0 Å². The molecule has 0 bridgehead atoms. The summed E-state index contributed by atoms with van der Waals surface area (Å²) in [7, 11) is 0. The van der Waals surface area contributed by atoms with Gasteiger partial charge in [-0.05, 0) is 16.7 Å². The van der Waals surface area contributed by atoms with Crippen LogP contribution < -0.4 is 5.32 Å². The first-order chi connectivity index (χ1) is 9.38. The number of nitrogens with zero attached hydrogens (tertiary/aromatic N) is 4. The average Bonchev–Trinajstić information content (AvgIpc) is 3.05. The average molecular weight is 255 g/mol. The Morgan fingerprint density at radius 2 is 2.11 bits per heavy atom. The lowest BCUT2D eigenvalue weighted by Gasteiger charge is -2.27. The molecule has 0 radical (unpaired) electrons. The number of benzene rings is 1. The zero-order valence-electron chi connectivity index (χ0n) is 10.8. The Labute approximate surface area is 112 Å². The highest BCUT2D eigenvalue weighted by atomic mass is 15.3. The van der Waals surface area contributed by atoms with Crippen molar-refractivity contribution in [1.82, 2.24) is 25.0 Å². The molecule has 5 heteroatoms. The van der Waals surface area contributed by atoms with Crippen LogP contribution in [0.15, 0.2) is 24.5 Å². The number of hydrogen-bond donors (Lipinski definition) is 1. The molecule has 2 aliphatic rings. The zero-order valence-corrected chi connectivity index (χ0v) is 10.8. The van der Waals surface area contributed by atoms with Crippen LogP contribution >= 0.6 is 0 Å². The molecule has 0 unspecified atom stereocenters. The number of nitrogens with one attached hydrogen (secondary N) is 1. The summed E-state index contributed by atoms with van der Waals surface area (Å²) in [6.07, 6.45) is 1.83. The summed E-state index contributed by atoms with van der Waals surface area (Å²) in [6.45, 7) is 5.99. The van der Waals surface area contributed by atoms with Gasteiger partial charge in [0.1, 0.15) is 12.2 Å². The van der Waals surface area contributed by atoms with Crippen molar-refractivity contribution in [2.45, 2.75) is 32.7 Å². The van der Waals surface area contributed by atoms with E-state index in [2.05, 4.69) is 43.2 Å². The van der Waals surface area contributed by atoms with Gasteiger partial charge >= 0.3 is 0 Å². The zero-order chi connectivity index (χ0) is 12.7. The quantitative estimate of drug-likeness (QED) is 0.866. The third-order valence-electron chi connectivity index (χ3n) is 4.03. The van der Waals surface area contributed by atoms with Crippen molar-refractivity contribution in [3.05, 3.63) is 47.0 Å². The second kappa shape index (κ2) is 4.43. The fraction of sp³-hybridized carbons (Fsp3) is 0.429. The highest BCUT2D eigenvalue weighted by molar-refractivity contribution is 5.34. The van der Waals surface area contributed by atoms with E-state index in [1.54, 1.807) is 0 Å². The van der Waals surface area contributed by atoms with Crippen LogP contribution in [0, 0.1) is 0 Å². The lowest BCUT2D eigenvalue weighted by atomic mass is 10.1. The van der Waals surface area contributed by atoms with Crippen LogP contribution in [0.4, 0.5) is 0 Å². The van der Waals surface area contributed by atoms with Gasteiger partial charge in [0.15, 0.2) is 0 Å². The predicted molar refractivity (Wildman–Crippen MR) is 71.1 cm³/mol. The molecule has 19 heavy (non-hydrogen) atoms. The molecule has 5 nitrogen and oxygen atoms in total. The Bertz CT molecular complexity index is 604. The predicted octanol–water partition coefficient (Wildman–Crippen LogP) is 0.897. The van der Waals surface area contributed by atoms with Crippen molar-refractivity contribution in [3.63, 3.8) is 0 Å². The fourth-order valence-electron chi connectivity index (χ4n) is 2.96. The van der Waals surface area contributed by atoms with Gasteiger partial charge in [-0.1, -0.05) is 18.2 Å². The summed E-state index contributed by atoms with van der Waals surface area (Å²) in [5.74, 6) is 1.08. The highest BCUT2D eigenvalue weighted by Gasteiger charge is 2.18. The monoisotopic (exact) mass is 255 g/mol. The molecular formula is C14H17N5. The van der Waals surface area contributed by atoms with Crippen molar-refractivity contribution in [2.24, 2.45) is 0 Å². The summed E-state index contributed by atoms with van der Waals surface area (Å²) < 4.78 is 2.14. The maximum atomic E-state index is 4.17. The van der Waals surface area contributed by atoms with Crippen molar-refractivity contribution < 1.29 is 0 Å². The molecule has 1 N–H and O–H groups in total. The lowest BCUT2D eigenvalue weighted by molar-refractivity contribution is 0.209. The second-order valence-corrected chi connectivity index (χ2v) is 5.36. The van der Waals surface area contributed by atoms with E-state index in [0.717, 1.165) is 45.1 Å². The first kappa shape index (κ1) is 11.1. The van der Waals surface area contributed by atoms with E-state index in [4.69, 9.17) is 0 Å². The number of aromatic nitrogens is 3. The second-order valence-electron chi connectivity index (χ2n) is 5.36. The molecule has 4 rings (SSSR count). The summed E-state index contributed by atoms with van der Waals surface area (Å²) >= 11 is 0. The van der Waals surface area contributed by atoms with Gasteiger partial charge in [0.25, 0.3) is 0 Å². The first-order valence-electron chi connectivity index (χ1n) is 6.79. The van der Waals surface area contributed by atoms with Gasteiger partial charge in [-0.25, -0.2) is 0 Å². The molecule has 2 aliphatic heterocycles. The van der Waals surface area contributed by atoms with Gasteiger partial charge in [0.2, 0.25) is 0 Å². The minimum Gasteiger partial charge on any atom is -0.315 e. The van der Waals surface area contributed by atoms with Crippen LogP contribution in [0.5, 0.6) is 0 Å². The smallest absolute Gasteiger partial charge is 0.147 e. The Morgan fingerprint density at radius 1 is 1.16 bits per heavy atom. The third-order valence-corrected chi connectivity index (χ3v) is 4.03. The molecule has 1 aromatic carbocycles. The van der Waals surface area contributed by atoms with Gasteiger partial charge in [0, 0.05) is 32.7 Å². The van der Waals surface area contributed by atoms with Crippen molar-refractivity contribution in [2.75, 3.05) is 6.54 Å². The van der Waals surface area contributed by atoms with Crippen LogP contribution in [-0.4, -0.2) is 26.2 Å². The SMILES string of the molecule is c1cc2c(cc1CN1CCn3cnnc3C1)CNC2. The van der Waals surface area contributed by atoms with E-state index < -0.39 is 0 Å². The molecular weight excluding hydrogens is 238 g/mol. The van der Waals surface area contributed by atoms with Gasteiger partial charge < -0.3 is 9.88 Å². The summed E-state index contributed by atoms with van der Waals surface area (Å²) in [6, 6.07) is 6.86. The molecule has 0 spiro atoms. The van der Waals surface area contributed by atoms with E-state index in [0.29, 0.717) is 0 Å². The third kappa shape index (κ3) is 2.05. The molecule has 0 atom stereocenters. The Kier molecular flexibility index (Phi) is 2.60. The van der Waals surface area contributed by atoms with E-state index in [9.17, 15) is 0 Å². The molecule has 3 heterocycles. The summed E-state index contributed by atoms with van der Waals surface area (Å²) in [5.41, 5.74) is 4.30. The minimum atomic E-state index is 0.898. The van der Waals surface area contributed by atoms with Crippen LogP contribution in [0.25, 0.3) is 0 Å². The highest BCUT2D eigenvalue weighted by Crippen LogP contribution is 2.19. The van der Waals surface area contributed by atoms with Gasteiger partial charge in [-0.2, -0.15) is 0 Å². The molecule has 1 aromatic heterocycles. The molecule has 0 saturated heterocycles. The number of rotatable bonds is 2. The normalized spacial score (nSPS) is 18.3. The Balaban J connectivity index is 1.50. The van der Waals surface area contributed by atoms with Crippen LogP contribution in [0.2, 0.25) is 0 Å². The minimum absolute atomic E-state index is 0.898. The molecule has 0 aliphatic carbocycles. The maximum Gasteiger partial charge on any atom is 0.147 e. The van der Waals surface area contributed by atoms with Gasteiger partial charge in [-0.3, -0.25) is 4.90 Å². The standard InChI is InChI=1S/C14H17N5/c1-2-12-6-15-7-13(12)5-11(1)8-18-3-4-19-10-16-17-14(19)9-18/h1-2,5,10,15H,3-4,6-9H2. The van der Waals surface area contributed by atoms with Crippen molar-refractivity contribution in [3.8, 4) is 0 Å². The Hall–Kier alpha value is -1.72. The van der Waals surface area contributed by atoms with Gasteiger partial charge in [0.05, 0.1) is 6.54 Å². The van der Waals surface area contributed by atoms with E-state index in [1.807, 2.05) is 6.33 Å². The fourth-order valence-corrected chi connectivity index (χ4v) is 2.96. The van der Waals surface area contributed by atoms with Crippen LogP contribution in [0.3, 0.4) is 0 Å². The van der Waals surface area contributed by atoms with E-state index in [1.165, 1.54) is 16.7 Å².